The third-order valence-corrected chi connectivity index (χ3v) is 13.8. The summed E-state index contributed by atoms with van der Waals surface area (Å²) in [5.41, 5.74) is -0.809. The van der Waals surface area contributed by atoms with Crippen LogP contribution in [0.25, 0.3) is 0 Å². The maximum atomic E-state index is 14.2. The first kappa shape index (κ1) is 23.3. The Hall–Kier alpha value is -1.59. The van der Waals surface area contributed by atoms with E-state index in [0.29, 0.717) is 23.6 Å². The van der Waals surface area contributed by atoms with Crippen LogP contribution in [-0.4, -0.2) is 51.2 Å². The first-order valence-electron chi connectivity index (χ1n) is 14.8. The average Bonchev–Trinajstić information content (AvgIpc) is 3.43. The summed E-state index contributed by atoms with van der Waals surface area (Å²) in [6.45, 7) is 14.6. The molecule has 200 valence electrons. The van der Waals surface area contributed by atoms with Gasteiger partial charge in [0.2, 0.25) is 0 Å². The van der Waals surface area contributed by atoms with Crippen LogP contribution in [0.5, 0.6) is 11.5 Å². The number of likely N-dealkylation sites (tertiary alicyclic amines) is 1. The molecule has 9 rings (SSSR count). The summed E-state index contributed by atoms with van der Waals surface area (Å²) in [5.74, 6) is 2.62. The summed E-state index contributed by atoms with van der Waals surface area (Å²) in [6, 6.07) is 4.41. The number of ketones is 1. The summed E-state index contributed by atoms with van der Waals surface area (Å²) in [7, 11) is 0. The second-order valence-corrected chi connectivity index (χ2v) is 15.5. The molecule has 2 heterocycles. The van der Waals surface area contributed by atoms with Gasteiger partial charge >= 0.3 is 0 Å². The number of aromatic hydroxyl groups is 1. The Labute approximate surface area is 221 Å². The smallest absolute Gasteiger partial charge is 0.166 e. The van der Waals surface area contributed by atoms with Crippen molar-refractivity contribution < 1.29 is 19.7 Å². The number of piperidine rings is 1. The molecular weight excluding hydrogens is 462 g/mol. The molecule has 2 unspecified atom stereocenters. The van der Waals surface area contributed by atoms with E-state index in [9.17, 15) is 15.0 Å². The molecule has 1 aromatic carbocycles. The van der Waals surface area contributed by atoms with Crippen molar-refractivity contribution in [2.24, 2.45) is 39.9 Å². The highest BCUT2D eigenvalue weighted by Crippen LogP contribution is 2.88. The molecule has 0 aromatic heterocycles. The number of phenols is 1. The minimum atomic E-state index is -1.04. The van der Waals surface area contributed by atoms with E-state index in [1.54, 1.807) is 6.92 Å². The monoisotopic (exact) mass is 505 g/mol. The summed E-state index contributed by atoms with van der Waals surface area (Å²) in [5, 5.41) is 23.6. The van der Waals surface area contributed by atoms with E-state index < -0.39 is 22.0 Å². The molecule has 37 heavy (non-hydrogen) atoms. The lowest BCUT2D eigenvalue weighted by Gasteiger charge is -2.75. The van der Waals surface area contributed by atoms with Gasteiger partial charge in [0.1, 0.15) is 11.4 Å². The Morgan fingerprint density at radius 1 is 1.19 bits per heavy atom. The number of ether oxygens (including phenoxy) is 1. The number of hydrogen-bond acceptors (Lipinski definition) is 5. The predicted molar refractivity (Wildman–Crippen MR) is 141 cm³/mol. The second kappa shape index (κ2) is 6.25. The maximum Gasteiger partial charge on any atom is 0.166 e. The van der Waals surface area contributed by atoms with E-state index in [1.807, 2.05) is 13.0 Å². The highest BCUT2D eigenvalue weighted by atomic mass is 16.5. The number of fused-ring (bicyclic) bond motifs is 2. The fraction of sp³-hybridized carbons (Fsp3) is 0.781. The fourth-order valence-electron chi connectivity index (χ4n) is 12.1. The Balaban J connectivity index is 1.45. The standard InChI is InChI=1S/C32H43NO4/c1-17(34)31-12-11-30(14-23(31)28(5,36)27(2,3)4)26-20-13-19-9-10-22(35)25-24(19)32(30,29(31,6)37-25)21(20)16-33(26)15-18-7-8-18/h9-10,18,20-21,23,26,35-36H,7-8,11-16H2,1-6H3/t20?,21?,23-,26-,28+,29-,30-,31-,32+/m1/s1. The summed E-state index contributed by atoms with van der Waals surface area (Å²) in [6.07, 6.45) is 6.37. The van der Waals surface area contributed by atoms with Gasteiger partial charge in [-0.15, -0.1) is 0 Å². The number of Topliss-reactive ketones (excluding diaryl/α,β-unsaturated/α-hetero) is 1. The quantitative estimate of drug-likeness (QED) is 0.612. The fourth-order valence-corrected chi connectivity index (χ4v) is 12.1. The topological polar surface area (TPSA) is 70.0 Å². The highest BCUT2D eigenvalue weighted by molar-refractivity contribution is 5.87. The summed E-state index contributed by atoms with van der Waals surface area (Å²) < 4.78 is 7.15. The molecule has 6 fully saturated rings. The van der Waals surface area contributed by atoms with Crippen molar-refractivity contribution >= 4 is 5.78 Å². The minimum absolute atomic E-state index is 0.0639. The van der Waals surface area contributed by atoms with Gasteiger partial charge < -0.3 is 14.9 Å². The van der Waals surface area contributed by atoms with Crippen LogP contribution in [0.1, 0.15) is 84.8 Å². The first-order valence-corrected chi connectivity index (χ1v) is 14.8. The van der Waals surface area contributed by atoms with Crippen molar-refractivity contribution in [2.75, 3.05) is 13.1 Å². The summed E-state index contributed by atoms with van der Waals surface area (Å²) in [4.78, 5) is 17.0. The molecule has 1 aromatic rings. The minimum Gasteiger partial charge on any atom is -0.504 e. The molecule has 5 heteroatoms. The van der Waals surface area contributed by atoms with Crippen molar-refractivity contribution in [2.45, 2.75) is 103 Å². The van der Waals surface area contributed by atoms with Gasteiger partial charge in [-0.05, 0) is 94.1 Å². The van der Waals surface area contributed by atoms with Crippen LogP contribution in [0.2, 0.25) is 0 Å². The number of aliphatic hydroxyl groups is 1. The number of hydrogen-bond donors (Lipinski definition) is 2. The number of nitrogens with zero attached hydrogens (tertiary/aromatic N) is 1. The first-order chi connectivity index (χ1) is 17.3. The van der Waals surface area contributed by atoms with Crippen LogP contribution >= 0.6 is 0 Å². The summed E-state index contributed by atoms with van der Waals surface area (Å²) >= 11 is 0. The van der Waals surface area contributed by atoms with Crippen LogP contribution in [0.3, 0.4) is 0 Å². The molecule has 0 amide bonds. The molecule has 6 aliphatic carbocycles. The van der Waals surface area contributed by atoms with Crippen LogP contribution < -0.4 is 4.74 Å². The van der Waals surface area contributed by atoms with Gasteiger partial charge in [0.15, 0.2) is 11.5 Å². The predicted octanol–water partition coefficient (Wildman–Crippen LogP) is 4.85. The zero-order chi connectivity index (χ0) is 26.1. The van der Waals surface area contributed by atoms with Crippen molar-refractivity contribution in [3.63, 3.8) is 0 Å². The van der Waals surface area contributed by atoms with E-state index in [-0.39, 0.29) is 28.3 Å². The third-order valence-electron chi connectivity index (χ3n) is 13.8. The van der Waals surface area contributed by atoms with Gasteiger partial charge in [-0.3, -0.25) is 9.69 Å². The largest absolute Gasteiger partial charge is 0.504 e. The van der Waals surface area contributed by atoms with E-state index in [4.69, 9.17) is 4.74 Å². The lowest BCUT2D eigenvalue weighted by Crippen LogP contribution is -2.83. The number of phenolic OH excluding ortho intramolecular Hbond substituents is 1. The van der Waals surface area contributed by atoms with Gasteiger partial charge in [-0.25, -0.2) is 0 Å². The Morgan fingerprint density at radius 3 is 2.57 bits per heavy atom. The van der Waals surface area contributed by atoms with Gasteiger partial charge in [-0.2, -0.15) is 0 Å². The molecule has 5 nitrogen and oxygen atoms in total. The number of carbonyl (C=O) groups is 1. The molecule has 5 saturated carbocycles. The van der Waals surface area contributed by atoms with Gasteiger partial charge in [0.25, 0.3) is 0 Å². The Kier molecular flexibility index (Phi) is 3.94. The van der Waals surface area contributed by atoms with Gasteiger partial charge in [-0.1, -0.05) is 26.8 Å². The number of rotatable bonds is 4. The van der Waals surface area contributed by atoms with Crippen molar-refractivity contribution in [1.29, 1.82) is 0 Å². The lowest BCUT2D eigenvalue weighted by atomic mass is 9.29. The number of carbonyl (C=O) groups excluding carboxylic acids is 1. The van der Waals surface area contributed by atoms with Crippen LogP contribution in [0, 0.1) is 39.9 Å². The van der Waals surface area contributed by atoms with Crippen LogP contribution in [0.15, 0.2) is 12.1 Å². The van der Waals surface area contributed by atoms with Gasteiger partial charge in [0.05, 0.1) is 16.4 Å². The lowest BCUT2D eigenvalue weighted by molar-refractivity contribution is -0.293. The van der Waals surface area contributed by atoms with Crippen molar-refractivity contribution in [3.05, 3.63) is 23.3 Å². The zero-order valence-electron chi connectivity index (χ0n) is 23.4. The SMILES string of the molecule is CC(=O)[C@]12CC[C@@]3(C[C@@H]1[C@](C)(O)C(C)(C)C)[C@H]1C4Cc5ccc(O)c6c5[C@@]3(C4CN1CC1CC1)[C@]2(C)O6. The Morgan fingerprint density at radius 2 is 1.92 bits per heavy atom. The van der Waals surface area contributed by atoms with Crippen molar-refractivity contribution in [1.82, 2.24) is 4.90 Å². The van der Waals surface area contributed by atoms with E-state index >= 15 is 0 Å². The van der Waals surface area contributed by atoms with Crippen molar-refractivity contribution in [3.8, 4) is 11.5 Å². The number of benzene rings is 1. The van der Waals surface area contributed by atoms with Crippen LogP contribution in [-0.2, 0) is 16.6 Å². The Bertz CT molecular complexity index is 1260. The second-order valence-electron chi connectivity index (χ2n) is 15.5. The zero-order valence-corrected chi connectivity index (χ0v) is 23.4. The molecule has 6 bridgehead atoms. The molecule has 2 spiro atoms. The highest BCUT2D eigenvalue weighted by Gasteiger charge is 2.92. The molecule has 9 atom stereocenters. The van der Waals surface area contributed by atoms with Crippen LogP contribution in [0.4, 0.5) is 0 Å². The van der Waals surface area contributed by atoms with E-state index in [1.165, 1.54) is 30.5 Å². The molecule has 0 radical (unpaired) electrons. The molecule has 8 aliphatic rings. The normalized spacial score (nSPS) is 48.1. The average molecular weight is 506 g/mol. The van der Waals surface area contributed by atoms with Gasteiger partial charge in [0, 0.05) is 36.0 Å². The van der Waals surface area contributed by atoms with E-state index in [0.717, 1.165) is 38.1 Å². The van der Waals surface area contributed by atoms with E-state index in [2.05, 4.69) is 38.7 Å². The molecular formula is C32H43NO4. The third kappa shape index (κ3) is 2.09. The molecule has 1 saturated heterocycles. The maximum absolute atomic E-state index is 14.2. The molecule has 2 N–H and O–H groups in total. The molecule has 2 aliphatic heterocycles.